The van der Waals surface area contributed by atoms with Crippen LogP contribution in [0.25, 0.3) is 0 Å². The van der Waals surface area contributed by atoms with Gasteiger partial charge in [-0.15, -0.1) is 5.10 Å². The van der Waals surface area contributed by atoms with Gasteiger partial charge in [0.2, 0.25) is 0 Å². The highest BCUT2D eigenvalue weighted by atomic mass is 32.1. The summed E-state index contributed by atoms with van der Waals surface area (Å²) in [6, 6.07) is 4.49. The summed E-state index contributed by atoms with van der Waals surface area (Å²) in [5.74, 6) is 5.72. The van der Waals surface area contributed by atoms with Crippen molar-refractivity contribution in [1.82, 2.24) is 15.0 Å². The number of hydrogen-bond donors (Lipinski definition) is 2. The smallest absolute Gasteiger partial charge is 0.271 e. The molecule has 1 unspecified atom stereocenters. The highest BCUT2D eigenvalue weighted by molar-refractivity contribution is 7.05. The second kappa shape index (κ2) is 6.08. The Balaban J connectivity index is 2.36. The number of benzene rings is 1. The van der Waals surface area contributed by atoms with Gasteiger partial charge in [-0.25, -0.2) is 5.43 Å². The first-order valence-electron chi connectivity index (χ1n) is 6.30. The molecule has 8 heteroatoms. The van der Waals surface area contributed by atoms with E-state index in [2.05, 4.69) is 15.0 Å². The van der Waals surface area contributed by atoms with Crippen molar-refractivity contribution in [2.24, 2.45) is 5.84 Å². The molecule has 0 saturated heterocycles. The Morgan fingerprint density at radius 1 is 1.19 bits per heavy atom. The minimum Gasteiger partial charge on any atom is -0.271 e. The van der Waals surface area contributed by atoms with Crippen LogP contribution >= 0.6 is 11.5 Å². The van der Waals surface area contributed by atoms with Crippen LogP contribution in [0.5, 0.6) is 0 Å². The first-order valence-corrected chi connectivity index (χ1v) is 7.07. The molecule has 3 N–H and O–H groups in total. The minimum absolute atomic E-state index is 0.157. The molecule has 0 spiro atoms. The zero-order valence-corrected chi connectivity index (χ0v) is 12.3. The van der Waals surface area contributed by atoms with Gasteiger partial charge in [0, 0.05) is 0 Å². The summed E-state index contributed by atoms with van der Waals surface area (Å²) in [5, 5.41) is 4.06. The number of hydrazine groups is 1. The van der Waals surface area contributed by atoms with Gasteiger partial charge in [0.05, 0.1) is 22.2 Å². The normalized spacial score (nSPS) is 13.7. The van der Waals surface area contributed by atoms with Crippen molar-refractivity contribution in [2.75, 3.05) is 0 Å². The Morgan fingerprint density at radius 3 is 2.29 bits per heavy atom. The van der Waals surface area contributed by atoms with E-state index < -0.39 is 17.8 Å². The van der Waals surface area contributed by atoms with Gasteiger partial charge in [-0.05, 0) is 35.1 Å². The monoisotopic (exact) mass is 316 g/mol. The molecule has 0 radical (unpaired) electrons. The molecule has 0 amide bonds. The fourth-order valence-electron chi connectivity index (χ4n) is 1.99. The number of nitrogens with two attached hydrogens (primary N) is 1. The molecular formula is C13H15F3N4S. The van der Waals surface area contributed by atoms with Gasteiger partial charge < -0.3 is 0 Å². The van der Waals surface area contributed by atoms with Gasteiger partial charge in [0.1, 0.15) is 0 Å². The van der Waals surface area contributed by atoms with Crippen molar-refractivity contribution in [3.8, 4) is 0 Å². The van der Waals surface area contributed by atoms with E-state index in [9.17, 15) is 13.2 Å². The minimum atomic E-state index is -4.35. The van der Waals surface area contributed by atoms with Crippen LogP contribution in [0, 0.1) is 0 Å². The first kappa shape index (κ1) is 15.9. The fourth-order valence-corrected chi connectivity index (χ4v) is 2.89. The molecule has 21 heavy (non-hydrogen) atoms. The highest BCUT2D eigenvalue weighted by Gasteiger charge is 2.30. The maximum atomic E-state index is 12.6. The van der Waals surface area contributed by atoms with Gasteiger partial charge in [0.15, 0.2) is 0 Å². The molecule has 0 aliphatic rings. The van der Waals surface area contributed by atoms with Crippen LogP contribution in [0.4, 0.5) is 13.2 Å². The molecule has 2 rings (SSSR count). The molecule has 0 aliphatic heterocycles. The zero-order valence-electron chi connectivity index (χ0n) is 11.5. The number of halogens is 3. The summed E-state index contributed by atoms with van der Waals surface area (Å²) in [7, 11) is 0. The van der Waals surface area contributed by atoms with Gasteiger partial charge in [-0.2, -0.15) is 13.2 Å². The Bertz CT molecular complexity index is 592. The van der Waals surface area contributed by atoms with E-state index in [1.54, 1.807) is 0 Å². The Morgan fingerprint density at radius 2 is 1.81 bits per heavy atom. The molecule has 0 saturated carbocycles. The molecule has 2 aromatic rings. The number of alkyl halides is 3. The summed E-state index contributed by atoms with van der Waals surface area (Å²) >= 11 is 1.19. The molecule has 114 valence electrons. The van der Waals surface area contributed by atoms with Crippen LogP contribution in [-0.2, 0) is 6.18 Å². The van der Waals surface area contributed by atoms with Gasteiger partial charge in [0.25, 0.3) is 0 Å². The van der Waals surface area contributed by atoms with Gasteiger partial charge in [-0.1, -0.05) is 30.5 Å². The number of rotatable bonds is 4. The fraction of sp³-hybridized carbons (Fsp3) is 0.385. The van der Waals surface area contributed by atoms with Gasteiger partial charge in [-0.3, -0.25) is 5.84 Å². The van der Waals surface area contributed by atoms with Crippen LogP contribution in [-0.4, -0.2) is 9.59 Å². The maximum Gasteiger partial charge on any atom is 0.416 e. The van der Waals surface area contributed by atoms with Crippen molar-refractivity contribution in [2.45, 2.75) is 32.0 Å². The molecule has 0 aliphatic carbocycles. The third-order valence-electron chi connectivity index (χ3n) is 3.09. The standard InChI is InChI=1S/C13H15F3N4S/c1-7(2)10-12(21-20-19-10)11(18-17)8-3-5-9(6-4-8)13(14,15)16/h3-7,11,18H,17H2,1-2H3. The highest BCUT2D eigenvalue weighted by Crippen LogP contribution is 2.33. The number of nitrogens with one attached hydrogen (secondary N) is 1. The van der Waals surface area contributed by atoms with Crippen molar-refractivity contribution in [1.29, 1.82) is 0 Å². The lowest BCUT2D eigenvalue weighted by Crippen LogP contribution is -2.29. The van der Waals surface area contributed by atoms with Crippen LogP contribution in [0.15, 0.2) is 24.3 Å². The third kappa shape index (κ3) is 3.39. The zero-order chi connectivity index (χ0) is 15.6. The topological polar surface area (TPSA) is 63.8 Å². The Hall–Kier alpha value is -1.51. The number of hydrogen-bond acceptors (Lipinski definition) is 5. The van der Waals surface area contributed by atoms with Crippen LogP contribution in [0.1, 0.15) is 47.5 Å². The average Bonchev–Trinajstić information content (AvgIpc) is 2.88. The SMILES string of the molecule is CC(C)c1nnsc1C(NN)c1ccc(C(F)(F)F)cc1. The summed E-state index contributed by atoms with van der Waals surface area (Å²) in [6.45, 7) is 3.95. The lowest BCUT2D eigenvalue weighted by molar-refractivity contribution is -0.137. The van der Waals surface area contributed by atoms with Crippen LogP contribution in [0.2, 0.25) is 0 Å². The predicted molar refractivity (Wildman–Crippen MR) is 74.6 cm³/mol. The maximum absolute atomic E-state index is 12.6. The summed E-state index contributed by atoms with van der Waals surface area (Å²) < 4.78 is 41.7. The summed E-state index contributed by atoms with van der Waals surface area (Å²) in [4.78, 5) is 0.812. The van der Waals surface area contributed by atoms with E-state index in [0.717, 1.165) is 22.7 Å². The first-order chi connectivity index (χ1) is 9.84. The Kier molecular flexibility index (Phi) is 4.60. The van der Waals surface area contributed by atoms with E-state index in [4.69, 9.17) is 5.84 Å². The molecule has 1 atom stereocenters. The van der Waals surface area contributed by atoms with E-state index in [1.807, 2.05) is 13.8 Å². The quantitative estimate of drug-likeness (QED) is 0.671. The molecule has 1 aromatic carbocycles. The second-order valence-electron chi connectivity index (χ2n) is 4.90. The van der Waals surface area contributed by atoms with Gasteiger partial charge >= 0.3 is 6.18 Å². The van der Waals surface area contributed by atoms with E-state index in [0.29, 0.717) is 5.56 Å². The lowest BCUT2D eigenvalue weighted by Gasteiger charge is -2.17. The molecule has 4 nitrogen and oxygen atoms in total. The van der Waals surface area contributed by atoms with E-state index >= 15 is 0 Å². The Labute approximate surface area is 124 Å². The summed E-state index contributed by atoms with van der Waals surface area (Å²) in [5.41, 5.74) is 3.37. The largest absolute Gasteiger partial charge is 0.416 e. The van der Waals surface area contributed by atoms with Crippen LogP contribution < -0.4 is 11.3 Å². The second-order valence-corrected chi connectivity index (χ2v) is 5.68. The molecule has 0 fully saturated rings. The number of nitrogens with zero attached hydrogens (tertiary/aromatic N) is 2. The molecule has 1 aromatic heterocycles. The lowest BCUT2D eigenvalue weighted by atomic mass is 9.99. The number of aromatic nitrogens is 2. The van der Waals surface area contributed by atoms with Crippen LogP contribution in [0.3, 0.4) is 0 Å². The molecular weight excluding hydrogens is 301 g/mol. The van der Waals surface area contributed by atoms with E-state index in [1.165, 1.54) is 23.7 Å². The molecule has 1 heterocycles. The van der Waals surface area contributed by atoms with Crippen molar-refractivity contribution in [3.63, 3.8) is 0 Å². The average molecular weight is 316 g/mol. The van der Waals surface area contributed by atoms with Crippen molar-refractivity contribution >= 4 is 11.5 Å². The van der Waals surface area contributed by atoms with E-state index in [-0.39, 0.29) is 5.92 Å². The summed E-state index contributed by atoms with van der Waals surface area (Å²) in [6.07, 6.45) is -4.35. The predicted octanol–water partition coefficient (Wildman–Crippen LogP) is 3.23. The third-order valence-corrected chi connectivity index (χ3v) is 3.89. The van der Waals surface area contributed by atoms with Crippen molar-refractivity contribution < 1.29 is 13.2 Å². The molecule has 0 bridgehead atoms. The van der Waals surface area contributed by atoms with Crippen molar-refractivity contribution in [3.05, 3.63) is 46.0 Å².